The Balaban J connectivity index is 1.86. The molecule has 1 saturated carbocycles. The van der Waals surface area contributed by atoms with E-state index in [1.807, 2.05) is 0 Å². The average molecular weight is 334 g/mol. The molecule has 2 rings (SSSR count). The number of alkyl halides is 1. The van der Waals surface area contributed by atoms with Crippen LogP contribution in [0.4, 0.5) is 4.39 Å². The monoisotopic (exact) mass is 332 g/mol. The number of rotatable bonds is 4. The summed E-state index contributed by atoms with van der Waals surface area (Å²) in [5.74, 6) is 0.624. The van der Waals surface area contributed by atoms with Gasteiger partial charge in [0.1, 0.15) is 5.82 Å². The molecule has 1 aliphatic rings. The second kappa shape index (κ2) is 6.91. The number of hydrogen-bond donors (Lipinski definition) is 0. The van der Waals surface area contributed by atoms with Crippen molar-refractivity contribution in [3.63, 3.8) is 0 Å². The summed E-state index contributed by atoms with van der Waals surface area (Å²) in [6.45, 7) is 0. The molecule has 3 heteroatoms. The van der Waals surface area contributed by atoms with Crippen LogP contribution < -0.4 is 0 Å². The van der Waals surface area contributed by atoms with Gasteiger partial charge in [0, 0.05) is 0 Å². The minimum absolute atomic E-state index is 0.00354. The maximum atomic E-state index is 13.1. The summed E-state index contributed by atoms with van der Waals surface area (Å²) in [5, 5.41) is 0.00354. The van der Waals surface area contributed by atoms with E-state index in [1.165, 1.54) is 44.6 Å². The Hall–Kier alpha value is -0.0800. The Kier molecular flexibility index (Phi) is 5.50. The van der Waals surface area contributed by atoms with E-state index in [1.54, 1.807) is 12.1 Å². The SMILES string of the molecule is Fc1ccc(C(Cl)CCC2CCCCC2)cc1Br. The van der Waals surface area contributed by atoms with Crippen molar-refractivity contribution in [2.75, 3.05) is 0 Å². The third-order valence-electron chi connectivity index (χ3n) is 3.86. The summed E-state index contributed by atoms with van der Waals surface area (Å²) in [7, 11) is 0. The first-order chi connectivity index (χ1) is 8.66. The normalized spacial score (nSPS) is 18.8. The van der Waals surface area contributed by atoms with Gasteiger partial charge in [-0.1, -0.05) is 38.2 Å². The van der Waals surface area contributed by atoms with E-state index in [0.717, 1.165) is 17.9 Å². The van der Waals surface area contributed by atoms with Crippen LogP contribution in [0.2, 0.25) is 0 Å². The molecule has 0 aromatic heterocycles. The molecule has 0 amide bonds. The highest BCUT2D eigenvalue weighted by atomic mass is 79.9. The maximum absolute atomic E-state index is 13.1. The first-order valence-electron chi connectivity index (χ1n) is 6.76. The smallest absolute Gasteiger partial charge is 0.137 e. The number of halogens is 3. The largest absolute Gasteiger partial charge is 0.206 e. The fraction of sp³-hybridized carbons (Fsp3) is 0.600. The second-order valence-electron chi connectivity index (χ2n) is 5.22. The molecular formula is C15H19BrClF. The van der Waals surface area contributed by atoms with E-state index in [4.69, 9.17) is 11.6 Å². The van der Waals surface area contributed by atoms with Gasteiger partial charge in [-0.15, -0.1) is 11.6 Å². The van der Waals surface area contributed by atoms with Crippen molar-refractivity contribution in [1.29, 1.82) is 0 Å². The molecule has 1 aliphatic carbocycles. The molecule has 100 valence electrons. The van der Waals surface area contributed by atoms with Crippen LogP contribution in [0.25, 0.3) is 0 Å². The number of benzene rings is 1. The van der Waals surface area contributed by atoms with Gasteiger partial charge >= 0.3 is 0 Å². The van der Waals surface area contributed by atoms with Gasteiger partial charge in [0.15, 0.2) is 0 Å². The highest BCUT2D eigenvalue weighted by Gasteiger charge is 2.16. The van der Waals surface area contributed by atoms with E-state index in [2.05, 4.69) is 15.9 Å². The standard InChI is InChI=1S/C15H19BrClF/c16-13-10-12(7-9-15(13)18)14(17)8-6-11-4-2-1-3-5-11/h7,9-11,14H,1-6,8H2. The molecule has 0 saturated heterocycles. The summed E-state index contributed by atoms with van der Waals surface area (Å²) in [5.41, 5.74) is 1.01. The van der Waals surface area contributed by atoms with Gasteiger partial charge in [-0.2, -0.15) is 0 Å². The van der Waals surface area contributed by atoms with Crippen molar-refractivity contribution in [3.8, 4) is 0 Å². The fourth-order valence-corrected chi connectivity index (χ4v) is 3.39. The van der Waals surface area contributed by atoms with Crippen molar-refractivity contribution in [2.45, 2.75) is 50.3 Å². The molecule has 0 spiro atoms. The van der Waals surface area contributed by atoms with Crippen molar-refractivity contribution in [1.82, 2.24) is 0 Å². The molecule has 0 radical (unpaired) electrons. The molecule has 0 heterocycles. The lowest BCUT2D eigenvalue weighted by Gasteiger charge is -2.22. The van der Waals surface area contributed by atoms with Crippen LogP contribution in [0.1, 0.15) is 55.9 Å². The van der Waals surface area contributed by atoms with Crippen LogP contribution in [0.3, 0.4) is 0 Å². The molecule has 1 atom stereocenters. The Morgan fingerprint density at radius 3 is 2.67 bits per heavy atom. The Morgan fingerprint density at radius 2 is 2.00 bits per heavy atom. The first kappa shape index (κ1) is 14.3. The second-order valence-corrected chi connectivity index (χ2v) is 6.60. The van der Waals surface area contributed by atoms with Crippen molar-refractivity contribution < 1.29 is 4.39 Å². The van der Waals surface area contributed by atoms with Gasteiger partial charge in [0.05, 0.1) is 9.85 Å². The Labute approximate surface area is 122 Å². The maximum Gasteiger partial charge on any atom is 0.137 e. The van der Waals surface area contributed by atoms with E-state index < -0.39 is 0 Å². The van der Waals surface area contributed by atoms with E-state index >= 15 is 0 Å². The van der Waals surface area contributed by atoms with Crippen LogP contribution in [0.5, 0.6) is 0 Å². The van der Waals surface area contributed by atoms with Gasteiger partial charge in [0.2, 0.25) is 0 Å². The molecule has 1 aromatic rings. The highest BCUT2D eigenvalue weighted by molar-refractivity contribution is 9.10. The quantitative estimate of drug-likeness (QED) is 0.573. The molecule has 1 aromatic carbocycles. The van der Waals surface area contributed by atoms with Crippen molar-refractivity contribution in [3.05, 3.63) is 34.1 Å². The Bertz CT molecular complexity index is 388. The molecule has 18 heavy (non-hydrogen) atoms. The van der Waals surface area contributed by atoms with Gasteiger partial charge in [-0.05, 0) is 52.4 Å². The minimum Gasteiger partial charge on any atom is -0.206 e. The third-order valence-corrected chi connectivity index (χ3v) is 4.94. The zero-order valence-corrected chi connectivity index (χ0v) is 12.8. The van der Waals surface area contributed by atoms with Gasteiger partial charge in [0.25, 0.3) is 0 Å². The van der Waals surface area contributed by atoms with Crippen molar-refractivity contribution in [2.24, 2.45) is 5.92 Å². The summed E-state index contributed by atoms with van der Waals surface area (Å²) in [6.07, 6.45) is 9.05. The Morgan fingerprint density at radius 1 is 1.28 bits per heavy atom. The van der Waals surface area contributed by atoms with E-state index in [9.17, 15) is 4.39 Å². The predicted octanol–water partition coefficient (Wildman–Crippen LogP) is 6.23. The summed E-state index contributed by atoms with van der Waals surface area (Å²) >= 11 is 9.61. The predicted molar refractivity (Wildman–Crippen MR) is 78.5 cm³/mol. The molecule has 1 unspecified atom stereocenters. The lowest BCUT2D eigenvalue weighted by atomic mass is 9.85. The van der Waals surface area contributed by atoms with Gasteiger partial charge in [-0.3, -0.25) is 0 Å². The van der Waals surface area contributed by atoms with Crippen LogP contribution in [0, 0.1) is 11.7 Å². The lowest BCUT2D eigenvalue weighted by Crippen LogP contribution is -2.07. The molecule has 1 fully saturated rings. The summed E-state index contributed by atoms with van der Waals surface area (Å²) in [4.78, 5) is 0. The molecule has 0 nitrogen and oxygen atoms in total. The van der Waals surface area contributed by atoms with Gasteiger partial charge in [-0.25, -0.2) is 4.39 Å². The van der Waals surface area contributed by atoms with Crippen molar-refractivity contribution >= 4 is 27.5 Å². The lowest BCUT2D eigenvalue weighted by molar-refractivity contribution is 0.331. The molecule has 0 bridgehead atoms. The summed E-state index contributed by atoms with van der Waals surface area (Å²) in [6, 6.07) is 5.07. The molecule has 0 aliphatic heterocycles. The molecule has 0 N–H and O–H groups in total. The fourth-order valence-electron chi connectivity index (χ4n) is 2.73. The van der Waals surface area contributed by atoms with E-state index in [0.29, 0.717) is 4.47 Å². The topological polar surface area (TPSA) is 0 Å². The highest BCUT2D eigenvalue weighted by Crippen LogP contribution is 2.34. The molecular weight excluding hydrogens is 315 g/mol. The van der Waals surface area contributed by atoms with Crippen LogP contribution in [-0.4, -0.2) is 0 Å². The summed E-state index contributed by atoms with van der Waals surface area (Å²) < 4.78 is 13.7. The zero-order valence-electron chi connectivity index (χ0n) is 10.5. The minimum atomic E-state index is -0.227. The number of hydrogen-bond acceptors (Lipinski definition) is 0. The van der Waals surface area contributed by atoms with E-state index in [-0.39, 0.29) is 11.2 Å². The van der Waals surface area contributed by atoms with Crippen LogP contribution >= 0.6 is 27.5 Å². The third kappa shape index (κ3) is 3.96. The first-order valence-corrected chi connectivity index (χ1v) is 7.99. The van der Waals surface area contributed by atoms with Gasteiger partial charge < -0.3 is 0 Å². The zero-order chi connectivity index (χ0) is 13.0. The van der Waals surface area contributed by atoms with Crippen LogP contribution in [0.15, 0.2) is 22.7 Å². The van der Waals surface area contributed by atoms with Crippen LogP contribution in [-0.2, 0) is 0 Å². The average Bonchev–Trinajstić information content (AvgIpc) is 2.40.